The lowest BCUT2D eigenvalue weighted by molar-refractivity contribution is 0.257. The zero-order chi connectivity index (χ0) is 12.9. The Kier molecular flexibility index (Phi) is 5.13. The fourth-order valence-corrected chi connectivity index (χ4v) is 2.78. The first-order valence-corrected chi connectivity index (χ1v) is 10.3. The van der Waals surface area contributed by atoms with E-state index in [0.29, 0.717) is 0 Å². The maximum atomic E-state index is 11.9. The van der Waals surface area contributed by atoms with Crippen LogP contribution >= 0.6 is 0 Å². The molecule has 92 valence electrons. The molecule has 0 aliphatic carbocycles. The molecule has 2 nitrogen and oxygen atoms in total. The van der Waals surface area contributed by atoms with Crippen molar-refractivity contribution in [2.24, 2.45) is 0 Å². The van der Waals surface area contributed by atoms with Gasteiger partial charge in [-0.1, -0.05) is 43.8 Å². The monoisotopic (exact) mass is 266 g/mol. The molecule has 0 saturated carbocycles. The Bertz CT molecular complexity index is 440. The number of benzene rings is 1. The minimum atomic E-state index is -1.47. The molecule has 0 bridgehead atoms. The summed E-state index contributed by atoms with van der Waals surface area (Å²) in [7, 11) is -2.65. The minimum Gasteiger partial charge on any atom is -0.379 e. The molecular weight excluding hydrogens is 248 g/mol. The molecule has 2 atom stereocenters. The van der Waals surface area contributed by atoms with Crippen molar-refractivity contribution in [2.45, 2.75) is 30.6 Å². The molecule has 0 unspecified atom stereocenters. The van der Waals surface area contributed by atoms with E-state index in [0.717, 1.165) is 4.90 Å². The summed E-state index contributed by atoms with van der Waals surface area (Å²) >= 11 is 0. The van der Waals surface area contributed by atoms with E-state index in [1.165, 1.54) is 0 Å². The normalized spacial score (nSPS) is 14.6. The highest BCUT2D eigenvalue weighted by atomic mass is 32.2. The van der Waals surface area contributed by atoms with Crippen LogP contribution in [0, 0.1) is 11.5 Å². The summed E-state index contributed by atoms with van der Waals surface area (Å²) in [6.07, 6.45) is -0.803. The fraction of sp³-hybridized carbons (Fsp3) is 0.385. The quantitative estimate of drug-likeness (QED) is 0.671. The van der Waals surface area contributed by atoms with Gasteiger partial charge in [-0.3, -0.25) is 4.21 Å². The number of hydrogen-bond acceptors (Lipinski definition) is 2. The topological polar surface area (TPSA) is 37.3 Å². The molecule has 1 rings (SSSR count). The van der Waals surface area contributed by atoms with Gasteiger partial charge in [-0.25, -0.2) is 0 Å². The van der Waals surface area contributed by atoms with Crippen molar-refractivity contribution < 1.29 is 9.32 Å². The number of aliphatic hydroxyl groups is 1. The lowest BCUT2D eigenvalue weighted by Crippen LogP contribution is -2.20. The van der Waals surface area contributed by atoms with Crippen LogP contribution in [0.2, 0.25) is 19.6 Å². The first-order chi connectivity index (χ1) is 7.88. The van der Waals surface area contributed by atoms with Gasteiger partial charge in [0.2, 0.25) is 0 Å². The van der Waals surface area contributed by atoms with E-state index in [2.05, 4.69) is 31.1 Å². The molecule has 1 aromatic carbocycles. The second-order valence-electron chi connectivity index (χ2n) is 4.86. The molecular formula is C13H18O2SSi. The van der Waals surface area contributed by atoms with Gasteiger partial charge in [0, 0.05) is 4.90 Å². The highest BCUT2D eigenvalue weighted by molar-refractivity contribution is 7.85. The Morgan fingerprint density at radius 2 is 1.88 bits per heavy atom. The SMILES string of the molecule is C[Si](C)(C)C#C[C@H](O)C[S@@](=O)c1ccccc1. The van der Waals surface area contributed by atoms with Crippen molar-refractivity contribution in [3.63, 3.8) is 0 Å². The van der Waals surface area contributed by atoms with E-state index in [1.807, 2.05) is 18.2 Å². The van der Waals surface area contributed by atoms with Crippen molar-refractivity contribution in [3.05, 3.63) is 30.3 Å². The van der Waals surface area contributed by atoms with E-state index in [-0.39, 0.29) is 5.75 Å². The van der Waals surface area contributed by atoms with Crippen molar-refractivity contribution in [2.75, 3.05) is 5.75 Å². The van der Waals surface area contributed by atoms with Gasteiger partial charge in [0.15, 0.2) is 0 Å². The summed E-state index contributed by atoms with van der Waals surface area (Å²) in [5.74, 6) is 2.98. The van der Waals surface area contributed by atoms with Crippen molar-refractivity contribution in [3.8, 4) is 11.5 Å². The fourth-order valence-electron chi connectivity index (χ4n) is 1.15. The highest BCUT2D eigenvalue weighted by Crippen LogP contribution is 2.06. The lowest BCUT2D eigenvalue weighted by atomic mass is 10.4. The van der Waals surface area contributed by atoms with Crippen molar-refractivity contribution >= 4 is 18.9 Å². The van der Waals surface area contributed by atoms with Crippen LogP contribution in [0.15, 0.2) is 35.2 Å². The number of hydrogen-bond donors (Lipinski definition) is 1. The average Bonchev–Trinajstić information content (AvgIpc) is 2.27. The molecule has 0 spiro atoms. The van der Waals surface area contributed by atoms with Gasteiger partial charge in [-0.2, -0.15) is 0 Å². The van der Waals surface area contributed by atoms with E-state index in [4.69, 9.17) is 0 Å². The lowest BCUT2D eigenvalue weighted by Gasteiger charge is -2.07. The number of rotatable bonds is 3. The Morgan fingerprint density at radius 3 is 2.41 bits per heavy atom. The average molecular weight is 266 g/mol. The Hall–Kier alpha value is -0.893. The zero-order valence-corrected chi connectivity index (χ0v) is 12.3. The molecule has 17 heavy (non-hydrogen) atoms. The molecule has 0 saturated heterocycles. The standard InChI is InChI=1S/C13H18O2SSi/c1-17(2,3)10-9-12(14)11-16(15)13-7-5-4-6-8-13/h4-8,12,14H,11H2,1-3H3/t12-,16+/m0/s1. The molecule has 0 aromatic heterocycles. The van der Waals surface area contributed by atoms with Crippen LogP contribution < -0.4 is 0 Å². The third-order valence-electron chi connectivity index (χ3n) is 1.93. The van der Waals surface area contributed by atoms with Crippen LogP contribution in [-0.2, 0) is 10.8 Å². The summed E-state index contributed by atoms with van der Waals surface area (Å²) in [6, 6.07) is 9.16. The first-order valence-electron chi connectivity index (χ1n) is 5.53. The maximum Gasteiger partial charge on any atom is 0.129 e. The van der Waals surface area contributed by atoms with Gasteiger partial charge in [-0.15, -0.1) is 5.54 Å². The smallest absolute Gasteiger partial charge is 0.129 e. The molecule has 0 fully saturated rings. The second kappa shape index (κ2) is 6.15. The molecule has 1 aromatic rings. The predicted molar refractivity (Wildman–Crippen MR) is 74.8 cm³/mol. The van der Waals surface area contributed by atoms with E-state index < -0.39 is 25.0 Å². The molecule has 1 N–H and O–H groups in total. The zero-order valence-electron chi connectivity index (χ0n) is 10.4. The third kappa shape index (κ3) is 5.83. The van der Waals surface area contributed by atoms with E-state index in [9.17, 15) is 9.32 Å². The van der Waals surface area contributed by atoms with Crippen LogP contribution in [0.5, 0.6) is 0 Å². The van der Waals surface area contributed by atoms with Crippen molar-refractivity contribution in [1.29, 1.82) is 0 Å². The molecule has 0 heterocycles. The summed E-state index contributed by atoms with van der Waals surface area (Å²) in [5, 5.41) is 9.70. The summed E-state index contributed by atoms with van der Waals surface area (Å²) in [5.41, 5.74) is 3.08. The van der Waals surface area contributed by atoms with Crippen LogP contribution in [0.4, 0.5) is 0 Å². The predicted octanol–water partition coefficient (Wildman–Crippen LogP) is 2.04. The van der Waals surface area contributed by atoms with Crippen LogP contribution in [0.3, 0.4) is 0 Å². The summed E-state index contributed by atoms with van der Waals surface area (Å²) < 4.78 is 11.9. The second-order valence-corrected chi connectivity index (χ2v) is 11.1. The van der Waals surface area contributed by atoms with Gasteiger partial charge < -0.3 is 5.11 Å². The molecule has 0 aliphatic rings. The Morgan fingerprint density at radius 1 is 1.29 bits per heavy atom. The van der Waals surface area contributed by atoms with E-state index >= 15 is 0 Å². The summed E-state index contributed by atoms with van der Waals surface area (Å²) in [4.78, 5) is 0.737. The molecule has 0 amide bonds. The largest absolute Gasteiger partial charge is 0.379 e. The number of aliphatic hydroxyl groups excluding tert-OH is 1. The minimum absolute atomic E-state index is 0.182. The maximum absolute atomic E-state index is 11.9. The summed E-state index contributed by atoms with van der Waals surface area (Å²) in [6.45, 7) is 6.34. The van der Waals surface area contributed by atoms with Gasteiger partial charge in [0.1, 0.15) is 14.2 Å². The Labute approximate surface area is 107 Å². The molecule has 0 aliphatic heterocycles. The van der Waals surface area contributed by atoms with E-state index in [1.54, 1.807) is 12.1 Å². The van der Waals surface area contributed by atoms with Crippen molar-refractivity contribution in [1.82, 2.24) is 0 Å². The van der Waals surface area contributed by atoms with Gasteiger partial charge >= 0.3 is 0 Å². The molecule has 4 heteroatoms. The van der Waals surface area contributed by atoms with Crippen LogP contribution in [0.1, 0.15) is 0 Å². The van der Waals surface area contributed by atoms with Crippen LogP contribution in [-0.4, -0.2) is 29.2 Å². The molecule has 0 radical (unpaired) electrons. The van der Waals surface area contributed by atoms with Gasteiger partial charge in [0.05, 0.1) is 16.6 Å². The Balaban J connectivity index is 2.61. The van der Waals surface area contributed by atoms with Gasteiger partial charge in [-0.05, 0) is 12.1 Å². The van der Waals surface area contributed by atoms with Gasteiger partial charge in [0.25, 0.3) is 0 Å². The first kappa shape index (κ1) is 14.2. The third-order valence-corrected chi connectivity index (χ3v) is 4.24. The highest BCUT2D eigenvalue weighted by Gasteiger charge is 2.11. The van der Waals surface area contributed by atoms with Crippen LogP contribution in [0.25, 0.3) is 0 Å².